The Bertz CT molecular complexity index is 1010. The number of aliphatic hydroxyl groups is 2. The van der Waals surface area contributed by atoms with E-state index in [4.69, 9.17) is 0 Å². The van der Waals surface area contributed by atoms with Gasteiger partial charge in [-0.1, -0.05) is 32.1 Å². The zero-order valence-corrected chi connectivity index (χ0v) is 18.2. The molecule has 0 aliphatic heterocycles. The third-order valence-electron chi connectivity index (χ3n) is 10.0. The minimum atomic E-state index is -0.332. The number of allylic oxidation sites excluding steroid dienone is 1. The number of aliphatic hydroxyl groups excluding tert-OH is 2. The highest BCUT2D eigenvalue weighted by Gasteiger charge is 2.62. The zero-order chi connectivity index (χ0) is 20.7. The Labute approximate surface area is 179 Å². The summed E-state index contributed by atoms with van der Waals surface area (Å²) in [6.45, 7) is 4.79. The number of fused-ring (bicyclic) bond motifs is 6. The predicted molar refractivity (Wildman–Crippen MR) is 119 cm³/mol. The van der Waals surface area contributed by atoms with Crippen molar-refractivity contribution >= 4 is 16.7 Å². The standard InChI is InChI=1S/C26H34N2O2/c1-25-12-11-17(29)13-16(25)7-8-18-19-9-10-23(26(19,2)24(30)14-20(18)25)28-15-27-21-5-3-4-6-22(21)28/h3-6,10,15-20,24,29-30H,7-9,11-14H2,1-2H3/t16-,17-,18?,19?,20?,24?,25+,26+/m1/s1. The molecule has 1 aromatic heterocycles. The fraction of sp³-hybridized carbons (Fsp3) is 0.654. The van der Waals surface area contributed by atoms with E-state index in [1.165, 1.54) is 18.5 Å². The summed E-state index contributed by atoms with van der Waals surface area (Å²) in [6, 6.07) is 8.31. The van der Waals surface area contributed by atoms with Crippen LogP contribution in [-0.2, 0) is 0 Å². The van der Waals surface area contributed by atoms with Crippen molar-refractivity contribution in [1.82, 2.24) is 9.55 Å². The molecule has 0 radical (unpaired) electrons. The molecule has 3 saturated carbocycles. The molecule has 4 heteroatoms. The summed E-state index contributed by atoms with van der Waals surface area (Å²) in [4.78, 5) is 4.63. The van der Waals surface area contributed by atoms with E-state index in [-0.39, 0.29) is 23.0 Å². The number of hydrogen-bond acceptors (Lipinski definition) is 3. The van der Waals surface area contributed by atoms with Crippen LogP contribution in [0.5, 0.6) is 0 Å². The molecule has 160 valence electrons. The van der Waals surface area contributed by atoms with E-state index in [0.717, 1.165) is 43.1 Å². The normalized spacial score (nSPS) is 45.5. The topological polar surface area (TPSA) is 58.3 Å². The second-order valence-corrected chi connectivity index (χ2v) is 11.0. The Balaban J connectivity index is 1.37. The van der Waals surface area contributed by atoms with Gasteiger partial charge >= 0.3 is 0 Å². The van der Waals surface area contributed by atoms with Crippen LogP contribution in [0.2, 0.25) is 0 Å². The van der Waals surface area contributed by atoms with E-state index in [2.05, 4.69) is 47.7 Å². The predicted octanol–water partition coefficient (Wildman–Crippen LogP) is 4.86. The van der Waals surface area contributed by atoms with Crippen LogP contribution >= 0.6 is 0 Å². The van der Waals surface area contributed by atoms with Crippen LogP contribution in [0.3, 0.4) is 0 Å². The molecule has 1 heterocycles. The molecule has 30 heavy (non-hydrogen) atoms. The first-order valence-corrected chi connectivity index (χ1v) is 11.9. The van der Waals surface area contributed by atoms with E-state index in [1.807, 2.05) is 12.4 Å². The third-order valence-corrected chi connectivity index (χ3v) is 10.0. The van der Waals surface area contributed by atoms with Crippen LogP contribution in [0.25, 0.3) is 16.7 Å². The van der Waals surface area contributed by atoms with Gasteiger partial charge in [-0.25, -0.2) is 4.98 Å². The highest BCUT2D eigenvalue weighted by Crippen LogP contribution is 2.67. The summed E-state index contributed by atoms with van der Waals surface area (Å²) in [5, 5.41) is 21.9. The lowest BCUT2D eigenvalue weighted by molar-refractivity contribution is -0.151. The molecule has 1 aromatic carbocycles. The van der Waals surface area contributed by atoms with Crippen molar-refractivity contribution in [3.05, 3.63) is 36.7 Å². The molecule has 0 bridgehead atoms. The van der Waals surface area contributed by atoms with Crippen molar-refractivity contribution in [3.63, 3.8) is 0 Å². The van der Waals surface area contributed by atoms with Gasteiger partial charge in [0.1, 0.15) is 6.33 Å². The lowest BCUT2D eigenvalue weighted by atomic mass is 9.44. The van der Waals surface area contributed by atoms with Crippen molar-refractivity contribution in [2.45, 2.75) is 71.0 Å². The van der Waals surface area contributed by atoms with Gasteiger partial charge in [-0.15, -0.1) is 0 Å². The molecule has 2 aromatic rings. The first-order chi connectivity index (χ1) is 14.4. The van der Waals surface area contributed by atoms with Crippen LogP contribution < -0.4 is 0 Å². The largest absolute Gasteiger partial charge is 0.393 e. The molecule has 4 aliphatic carbocycles. The van der Waals surface area contributed by atoms with E-state index >= 15 is 0 Å². The Hall–Kier alpha value is -1.65. The molecule has 8 atom stereocenters. The van der Waals surface area contributed by atoms with Crippen molar-refractivity contribution in [3.8, 4) is 0 Å². The van der Waals surface area contributed by atoms with Crippen molar-refractivity contribution in [1.29, 1.82) is 0 Å². The van der Waals surface area contributed by atoms with E-state index in [0.29, 0.717) is 23.7 Å². The average Bonchev–Trinajstić information content (AvgIpc) is 3.31. The quantitative estimate of drug-likeness (QED) is 0.711. The third kappa shape index (κ3) is 2.38. The monoisotopic (exact) mass is 406 g/mol. The van der Waals surface area contributed by atoms with Crippen LogP contribution in [0, 0.1) is 34.5 Å². The Kier molecular flexibility index (Phi) is 4.09. The van der Waals surface area contributed by atoms with Gasteiger partial charge in [0, 0.05) is 11.1 Å². The molecule has 0 amide bonds. The maximum absolute atomic E-state index is 11.7. The first-order valence-electron chi connectivity index (χ1n) is 11.9. The number of hydrogen-bond donors (Lipinski definition) is 2. The lowest BCUT2D eigenvalue weighted by Crippen LogP contribution is -2.58. The van der Waals surface area contributed by atoms with Gasteiger partial charge in [-0.05, 0) is 86.2 Å². The van der Waals surface area contributed by atoms with Gasteiger partial charge in [-0.3, -0.25) is 0 Å². The van der Waals surface area contributed by atoms with Gasteiger partial charge in [0.05, 0.1) is 23.2 Å². The lowest BCUT2D eigenvalue weighted by Gasteiger charge is -2.61. The summed E-state index contributed by atoms with van der Waals surface area (Å²) in [7, 11) is 0. The molecule has 4 nitrogen and oxygen atoms in total. The van der Waals surface area contributed by atoms with E-state index < -0.39 is 0 Å². The fourth-order valence-corrected chi connectivity index (χ4v) is 8.27. The van der Waals surface area contributed by atoms with Gasteiger partial charge in [-0.2, -0.15) is 0 Å². The maximum Gasteiger partial charge on any atom is 0.100 e. The van der Waals surface area contributed by atoms with Crippen LogP contribution in [0.1, 0.15) is 58.8 Å². The van der Waals surface area contributed by atoms with Crippen molar-refractivity contribution < 1.29 is 10.2 Å². The fourth-order valence-electron chi connectivity index (χ4n) is 8.27. The van der Waals surface area contributed by atoms with Crippen LogP contribution in [-0.4, -0.2) is 32.0 Å². The van der Waals surface area contributed by atoms with Crippen LogP contribution in [0.4, 0.5) is 0 Å². The summed E-state index contributed by atoms with van der Waals surface area (Å²) in [5.41, 5.74) is 3.45. The van der Waals surface area contributed by atoms with Gasteiger partial charge in [0.2, 0.25) is 0 Å². The van der Waals surface area contributed by atoms with Gasteiger partial charge in [0.25, 0.3) is 0 Å². The highest BCUT2D eigenvalue weighted by atomic mass is 16.3. The van der Waals surface area contributed by atoms with E-state index in [9.17, 15) is 10.2 Å². The molecule has 3 fully saturated rings. The number of benzene rings is 1. The number of para-hydroxylation sites is 2. The average molecular weight is 407 g/mol. The Morgan fingerprint density at radius 3 is 2.73 bits per heavy atom. The summed E-state index contributed by atoms with van der Waals surface area (Å²) < 4.78 is 2.24. The summed E-state index contributed by atoms with van der Waals surface area (Å²) in [6.07, 6.45) is 11.3. The zero-order valence-electron chi connectivity index (χ0n) is 18.2. The molecule has 6 rings (SSSR count). The number of nitrogens with zero attached hydrogens (tertiary/aromatic N) is 2. The molecule has 4 aliphatic rings. The SMILES string of the molecule is C[C@@]12C(n3cnc4ccccc43)=CCC1C1CC[C@@H]3C[C@H](O)CC[C@]3(C)C1CC2O. The first kappa shape index (κ1) is 19.1. The number of rotatable bonds is 1. The molecule has 0 spiro atoms. The second kappa shape index (κ2) is 6.43. The Morgan fingerprint density at radius 1 is 1.03 bits per heavy atom. The molecular formula is C26H34N2O2. The smallest absolute Gasteiger partial charge is 0.100 e. The second-order valence-electron chi connectivity index (χ2n) is 11.0. The Morgan fingerprint density at radius 2 is 1.87 bits per heavy atom. The van der Waals surface area contributed by atoms with Crippen LogP contribution in [0.15, 0.2) is 36.7 Å². The molecule has 2 N–H and O–H groups in total. The molecule has 0 saturated heterocycles. The number of imidazole rings is 1. The summed E-state index contributed by atoms with van der Waals surface area (Å²) >= 11 is 0. The minimum absolute atomic E-state index is 0.118. The molecule has 4 unspecified atom stereocenters. The van der Waals surface area contributed by atoms with Crippen molar-refractivity contribution in [2.24, 2.45) is 34.5 Å². The molecular weight excluding hydrogens is 372 g/mol. The van der Waals surface area contributed by atoms with E-state index in [1.54, 1.807) is 0 Å². The number of aromatic nitrogens is 2. The van der Waals surface area contributed by atoms with Gasteiger partial charge in [0.15, 0.2) is 0 Å². The maximum atomic E-state index is 11.7. The van der Waals surface area contributed by atoms with Crippen molar-refractivity contribution in [2.75, 3.05) is 0 Å². The summed E-state index contributed by atoms with van der Waals surface area (Å²) in [5.74, 6) is 2.35. The minimum Gasteiger partial charge on any atom is -0.393 e. The van der Waals surface area contributed by atoms with Gasteiger partial charge < -0.3 is 14.8 Å². The highest BCUT2D eigenvalue weighted by molar-refractivity contribution is 5.80.